The normalized spacial score (nSPS) is 21.4. The lowest BCUT2D eigenvalue weighted by Gasteiger charge is -2.37. The lowest BCUT2D eigenvalue weighted by molar-refractivity contribution is -0.153. The summed E-state index contributed by atoms with van der Waals surface area (Å²) in [7, 11) is 0. The van der Waals surface area contributed by atoms with Crippen molar-refractivity contribution >= 4 is 11.9 Å². The highest BCUT2D eigenvalue weighted by atomic mass is 19.4. The lowest BCUT2D eigenvalue weighted by Crippen LogP contribution is -2.49. The van der Waals surface area contributed by atoms with E-state index in [4.69, 9.17) is 0 Å². The van der Waals surface area contributed by atoms with Gasteiger partial charge in [-0.05, 0) is 44.0 Å². The number of nitrogens with zero attached hydrogens (tertiary/aromatic N) is 1. The highest BCUT2D eigenvalue weighted by Gasteiger charge is 2.35. The van der Waals surface area contributed by atoms with E-state index in [1.807, 2.05) is 0 Å². The SMILES string of the molecule is C[C@@H]1[C@H](C(=O)O)CCCN1C(=O)c1ccc(OCC(F)(F)F)cc1. The van der Waals surface area contributed by atoms with Crippen molar-refractivity contribution in [1.29, 1.82) is 0 Å². The maximum Gasteiger partial charge on any atom is 0.422 e. The van der Waals surface area contributed by atoms with Crippen LogP contribution in [0.3, 0.4) is 0 Å². The molecule has 0 spiro atoms. The number of carbonyl (C=O) groups excluding carboxylic acids is 1. The van der Waals surface area contributed by atoms with Gasteiger partial charge in [0.05, 0.1) is 5.92 Å². The monoisotopic (exact) mass is 345 g/mol. The molecule has 0 bridgehead atoms. The minimum absolute atomic E-state index is 0.0129. The molecule has 0 aliphatic carbocycles. The van der Waals surface area contributed by atoms with Gasteiger partial charge >= 0.3 is 12.1 Å². The first-order valence-corrected chi connectivity index (χ1v) is 7.52. The standard InChI is InChI=1S/C16H18F3NO4/c1-10-13(15(22)23)3-2-8-20(10)14(21)11-4-6-12(7-5-11)24-9-16(17,18)19/h4-7,10,13H,2-3,8-9H2,1H3,(H,22,23)/t10-,13-/m1/s1. The number of piperidine rings is 1. The molecular weight excluding hydrogens is 327 g/mol. The highest BCUT2D eigenvalue weighted by molar-refractivity contribution is 5.95. The summed E-state index contributed by atoms with van der Waals surface area (Å²) in [6, 6.07) is 4.91. The van der Waals surface area contributed by atoms with Gasteiger partial charge in [-0.3, -0.25) is 9.59 Å². The predicted molar refractivity (Wildman–Crippen MR) is 78.9 cm³/mol. The molecule has 1 aromatic carbocycles. The molecule has 1 aliphatic rings. The lowest BCUT2D eigenvalue weighted by atomic mass is 9.90. The van der Waals surface area contributed by atoms with Gasteiger partial charge in [-0.1, -0.05) is 0 Å². The maximum absolute atomic E-state index is 12.5. The Bertz CT molecular complexity index is 600. The molecule has 1 N–H and O–H groups in total. The quantitative estimate of drug-likeness (QED) is 0.911. The van der Waals surface area contributed by atoms with Crippen molar-refractivity contribution < 1.29 is 32.6 Å². The van der Waals surface area contributed by atoms with Crippen LogP contribution in [0.15, 0.2) is 24.3 Å². The maximum atomic E-state index is 12.5. The third-order valence-corrected chi connectivity index (χ3v) is 4.07. The summed E-state index contributed by atoms with van der Waals surface area (Å²) >= 11 is 0. The Kier molecular flexibility index (Phi) is 5.36. The number of hydrogen-bond donors (Lipinski definition) is 1. The van der Waals surface area contributed by atoms with Gasteiger partial charge in [0.2, 0.25) is 0 Å². The number of hydrogen-bond acceptors (Lipinski definition) is 3. The summed E-state index contributed by atoms with van der Waals surface area (Å²) in [6.07, 6.45) is -3.31. The Morgan fingerprint density at radius 3 is 2.46 bits per heavy atom. The molecule has 2 atom stereocenters. The molecule has 1 aromatic rings. The van der Waals surface area contributed by atoms with Gasteiger partial charge in [-0.2, -0.15) is 13.2 Å². The fourth-order valence-electron chi connectivity index (χ4n) is 2.78. The summed E-state index contributed by atoms with van der Waals surface area (Å²) in [5.74, 6) is -1.87. The van der Waals surface area contributed by atoms with E-state index in [1.54, 1.807) is 6.92 Å². The molecule has 0 saturated carbocycles. The van der Waals surface area contributed by atoms with Crippen LogP contribution in [-0.4, -0.2) is 47.3 Å². The van der Waals surface area contributed by atoms with Crippen LogP contribution in [0.25, 0.3) is 0 Å². The number of amides is 1. The van der Waals surface area contributed by atoms with Gasteiger partial charge in [0.1, 0.15) is 5.75 Å². The van der Waals surface area contributed by atoms with Crippen molar-refractivity contribution in [1.82, 2.24) is 4.90 Å². The number of aliphatic carboxylic acids is 1. The summed E-state index contributed by atoms with van der Waals surface area (Å²) in [6.45, 7) is 0.747. The first-order chi connectivity index (χ1) is 11.2. The highest BCUT2D eigenvalue weighted by Crippen LogP contribution is 2.26. The molecule has 1 heterocycles. The molecule has 1 amide bonds. The zero-order valence-electron chi connectivity index (χ0n) is 13.0. The van der Waals surface area contributed by atoms with Crippen molar-refractivity contribution in [3.63, 3.8) is 0 Å². The van der Waals surface area contributed by atoms with Gasteiger partial charge in [-0.15, -0.1) is 0 Å². The van der Waals surface area contributed by atoms with Crippen LogP contribution in [0, 0.1) is 5.92 Å². The van der Waals surface area contributed by atoms with Crippen molar-refractivity contribution in [2.75, 3.05) is 13.2 Å². The minimum atomic E-state index is -4.43. The molecule has 2 rings (SSSR count). The number of alkyl halides is 3. The number of halogens is 3. The number of carboxylic acids is 1. The zero-order valence-corrected chi connectivity index (χ0v) is 13.0. The van der Waals surface area contributed by atoms with E-state index in [0.717, 1.165) is 0 Å². The number of carboxylic acid groups (broad SMARTS) is 1. The number of rotatable bonds is 4. The van der Waals surface area contributed by atoms with E-state index >= 15 is 0 Å². The van der Waals surface area contributed by atoms with Crippen molar-refractivity contribution in [3.8, 4) is 5.75 Å². The largest absolute Gasteiger partial charge is 0.484 e. The second-order valence-corrected chi connectivity index (χ2v) is 5.75. The molecule has 1 aliphatic heterocycles. The molecule has 8 heteroatoms. The van der Waals surface area contributed by atoms with Crippen LogP contribution >= 0.6 is 0 Å². The molecular formula is C16H18F3NO4. The topological polar surface area (TPSA) is 66.8 Å². The smallest absolute Gasteiger partial charge is 0.422 e. The molecule has 1 saturated heterocycles. The summed E-state index contributed by atoms with van der Waals surface area (Å²) in [4.78, 5) is 25.2. The number of carbonyl (C=O) groups is 2. The molecule has 0 aromatic heterocycles. The second-order valence-electron chi connectivity index (χ2n) is 5.75. The van der Waals surface area contributed by atoms with Crippen LogP contribution in [0.4, 0.5) is 13.2 Å². The second kappa shape index (κ2) is 7.11. The molecule has 0 radical (unpaired) electrons. The Balaban J connectivity index is 2.05. The molecule has 24 heavy (non-hydrogen) atoms. The van der Waals surface area contributed by atoms with E-state index in [1.165, 1.54) is 29.2 Å². The van der Waals surface area contributed by atoms with Gasteiger partial charge in [0.15, 0.2) is 6.61 Å². The van der Waals surface area contributed by atoms with Gasteiger partial charge in [0, 0.05) is 18.2 Å². The van der Waals surface area contributed by atoms with Crippen LogP contribution < -0.4 is 4.74 Å². The summed E-state index contributed by atoms with van der Waals surface area (Å²) in [5, 5.41) is 9.19. The fraction of sp³-hybridized carbons (Fsp3) is 0.500. The van der Waals surface area contributed by atoms with E-state index in [0.29, 0.717) is 19.4 Å². The summed E-state index contributed by atoms with van der Waals surface area (Å²) in [5.41, 5.74) is 0.284. The Labute approximate surface area is 137 Å². The van der Waals surface area contributed by atoms with Crippen LogP contribution in [0.1, 0.15) is 30.1 Å². The first kappa shape index (κ1) is 18.1. The number of ether oxygens (including phenoxy) is 1. The molecule has 5 nitrogen and oxygen atoms in total. The third-order valence-electron chi connectivity index (χ3n) is 4.07. The van der Waals surface area contributed by atoms with Crippen LogP contribution in [0.2, 0.25) is 0 Å². The predicted octanol–water partition coefficient (Wildman–Crippen LogP) is 2.95. The average Bonchev–Trinajstić information content (AvgIpc) is 2.52. The Hall–Kier alpha value is -2.25. The van der Waals surface area contributed by atoms with E-state index < -0.39 is 30.7 Å². The van der Waals surface area contributed by atoms with E-state index in [9.17, 15) is 27.9 Å². The minimum Gasteiger partial charge on any atom is -0.484 e. The van der Waals surface area contributed by atoms with Crippen molar-refractivity contribution in [2.45, 2.75) is 32.0 Å². The van der Waals surface area contributed by atoms with Crippen molar-refractivity contribution in [2.24, 2.45) is 5.92 Å². The fourth-order valence-corrected chi connectivity index (χ4v) is 2.78. The van der Waals surface area contributed by atoms with Gasteiger partial charge in [0.25, 0.3) is 5.91 Å². The van der Waals surface area contributed by atoms with Crippen LogP contribution in [-0.2, 0) is 4.79 Å². The molecule has 1 fully saturated rings. The number of benzene rings is 1. The molecule has 0 unspecified atom stereocenters. The molecule has 132 valence electrons. The van der Waals surface area contributed by atoms with E-state index in [-0.39, 0.29) is 17.2 Å². The van der Waals surface area contributed by atoms with Crippen molar-refractivity contribution in [3.05, 3.63) is 29.8 Å². The average molecular weight is 345 g/mol. The Morgan fingerprint density at radius 1 is 1.29 bits per heavy atom. The summed E-state index contributed by atoms with van der Waals surface area (Å²) < 4.78 is 40.9. The van der Waals surface area contributed by atoms with E-state index in [2.05, 4.69) is 4.74 Å². The Morgan fingerprint density at radius 2 is 1.92 bits per heavy atom. The first-order valence-electron chi connectivity index (χ1n) is 7.52. The van der Waals surface area contributed by atoms with Gasteiger partial charge in [-0.25, -0.2) is 0 Å². The zero-order chi connectivity index (χ0) is 17.9. The van der Waals surface area contributed by atoms with Gasteiger partial charge < -0.3 is 14.7 Å². The van der Waals surface area contributed by atoms with Crippen LogP contribution in [0.5, 0.6) is 5.75 Å². The number of likely N-dealkylation sites (tertiary alicyclic amines) is 1. The third kappa shape index (κ3) is 4.39.